The van der Waals surface area contributed by atoms with Gasteiger partial charge < -0.3 is 5.84 Å². The molecule has 92 valence electrons. The summed E-state index contributed by atoms with van der Waals surface area (Å²) in [6.07, 6.45) is -5.80. The van der Waals surface area contributed by atoms with E-state index in [9.17, 15) is 23.3 Å². The van der Waals surface area contributed by atoms with E-state index in [0.717, 1.165) is 6.07 Å². The van der Waals surface area contributed by atoms with Gasteiger partial charge in [-0.1, -0.05) is 12.1 Å². The van der Waals surface area contributed by atoms with Crippen LogP contribution in [0.3, 0.4) is 0 Å². The van der Waals surface area contributed by atoms with Crippen molar-refractivity contribution in [3.8, 4) is 0 Å². The van der Waals surface area contributed by atoms with E-state index in [-0.39, 0.29) is 11.3 Å². The summed E-state index contributed by atoms with van der Waals surface area (Å²) < 4.78 is 36.5. The Morgan fingerprint density at radius 1 is 1.47 bits per heavy atom. The molecule has 1 aromatic rings. The van der Waals surface area contributed by atoms with Gasteiger partial charge in [-0.15, -0.1) is 0 Å². The monoisotopic (exact) mass is 247 g/mol. The second-order valence-corrected chi connectivity index (χ2v) is 3.18. The minimum Gasteiger partial charge on any atom is -0.323 e. The Labute approximate surface area is 93.9 Å². The van der Waals surface area contributed by atoms with E-state index in [4.69, 9.17) is 5.84 Å². The molecular weight excluding hydrogens is 239 g/mol. The molecule has 0 amide bonds. The zero-order chi connectivity index (χ0) is 13.1. The second kappa shape index (κ2) is 4.81. The summed E-state index contributed by atoms with van der Waals surface area (Å²) in [6.45, 7) is 0. The predicted octanol–water partition coefficient (Wildman–Crippen LogP) is 2.21. The lowest BCUT2D eigenvalue weighted by atomic mass is 10.1. The van der Waals surface area contributed by atoms with Crippen LogP contribution in [0.1, 0.15) is 12.0 Å². The maximum absolute atomic E-state index is 12.2. The number of hydrazone groups is 1. The molecule has 0 spiro atoms. The van der Waals surface area contributed by atoms with Crippen LogP contribution in [0.2, 0.25) is 0 Å². The Bertz CT molecular complexity index is 457. The van der Waals surface area contributed by atoms with Gasteiger partial charge in [-0.05, 0) is 0 Å². The summed E-state index contributed by atoms with van der Waals surface area (Å²) in [4.78, 5) is 9.76. The highest BCUT2D eigenvalue weighted by Crippen LogP contribution is 2.24. The van der Waals surface area contributed by atoms with Crippen molar-refractivity contribution in [2.24, 2.45) is 10.9 Å². The van der Waals surface area contributed by atoms with Gasteiger partial charge >= 0.3 is 6.18 Å². The van der Waals surface area contributed by atoms with Crippen molar-refractivity contribution in [2.75, 3.05) is 0 Å². The maximum Gasteiger partial charge on any atom is 0.394 e. The first kappa shape index (κ1) is 12.9. The molecule has 0 saturated carbocycles. The van der Waals surface area contributed by atoms with Crippen molar-refractivity contribution in [3.05, 3.63) is 39.9 Å². The third-order valence-corrected chi connectivity index (χ3v) is 1.91. The summed E-state index contributed by atoms with van der Waals surface area (Å²) in [7, 11) is 0. The highest BCUT2D eigenvalue weighted by atomic mass is 19.4. The average Bonchev–Trinajstić information content (AvgIpc) is 2.25. The Morgan fingerprint density at radius 3 is 2.59 bits per heavy atom. The maximum atomic E-state index is 12.2. The SMILES string of the molecule is N/N=C(\CC(F)(F)F)c1cccc([N+](=O)[O-])c1. The van der Waals surface area contributed by atoms with Crippen LogP contribution >= 0.6 is 0 Å². The van der Waals surface area contributed by atoms with Crippen LogP contribution < -0.4 is 5.84 Å². The zero-order valence-corrected chi connectivity index (χ0v) is 8.44. The van der Waals surface area contributed by atoms with Crippen LogP contribution in [-0.4, -0.2) is 16.8 Å². The predicted molar refractivity (Wildman–Crippen MR) is 54.5 cm³/mol. The van der Waals surface area contributed by atoms with E-state index < -0.39 is 23.2 Å². The Balaban J connectivity index is 3.05. The molecule has 2 N–H and O–H groups in total. The van der Waals surface area contributed by atoms with Gasteiger partial charge in [0.2, 0.25) is 0 Å². The topological polar surface area (TPSA) is 81.5 Å². The van der Waals surface area contributed by atoms with Crippen molar-refractivity contribution in [3.63, 3.8) is 0 Å². The fourth-order valence-electron chi connectivity index (χ4n) is 1.21. The number of nitrogens with zero attached hydrogens (tertiary/aromatic N) is 2. The third-order valence-electron chi connectivity index (χ3n) is 1.91. The lowest BCUT2D eigenvalue weighted by Crippen LogP contribution is -2.17. The molecule has 0 aliphatic carbocycles. The van der Waals surface area contributed by atoms with E-state index in [1.165, 1.54) is 18.2 Å². The van der Waals surface area contributed by atoms with Crippen molar-refractivity contribution in [2.45, 2.75) is 12.6 Å². The lowest BCUT2D eigenvalue weighted by molar-refractivity contribution is -0.384. The largest absolute Gasteiger partial charge is 0.394 e. The van der Waals surface area contributed by atoms with Crippen LogP contribution in [0.5, 0.6) is 0 Å². The molecule has 0 aliphatic rings. The summed E-state index contributed by atoms with van der Waals surface area (Å²) in [6, 6.07) is 4.72. The van der Waals surface area contributed by atoms with Gasteiger partial charge in [-0.3, -0.25) is 10.1 Å². The summed E-state index contributed by atoms with van der Waals surface area (Å²) in [5, 5.41) is 13.5. The van der Waals surface area contributed by atoms with Crippen molar-refractivity contribution < 1.29 is 18.1 Å². The normalized spacial score (nSPS) is 12.5. The fourth-order valence-corrected chi connectivity index (χ4v) is 1.21. The highest BCUT2D eigenvalue weighted by Gasteiger charge is 2.30. The molecule has 0 bridgehead atoms. The highest BCUT2D eigenvalue weighted by molar-refractivity contribution is 6.01. The van der Waals surface area contributed by atoms with Crippen molar-refractivity contribution in [1.29, 1.82) is 0 Å². The van der Waals surface area contributed by atoms with Crippen molar-refractivity contribution in [1.82, 2.24) is 0 Å². The van der Waals surface area contributed by atoms with Crippen LogP contribution in [0.4, 0.5) is 18.9 Å². The van der Waals surface area contributed by atoms with E-state index in [1.54, 1.807) is 0 Å². The standard InChI is InChI=1S/C9H8F3N3O2/c10-9(11,12)5-8(14-13)6-2-1-3-7(4-6)15(16)17/h1-4H,5,13H2/b14-8+. The van der Waals surface area contributed by atoms with Crippen LogP contribution in [0.15, 0.2) is 29.4 Å². The van der Waals surface area contributed by atoms with E-state index >= 15 is 0 Å². The summed E-state index contributed by atoms with van der Waals surface area (Å²) >= 11 is 0. The van der Waals surface area contributed by atoms with E-state index in [0.29, 0.717) is 0 Å². The number of non-ortho nitro benzene ring substituents is 1. The van der Waals surface area contributed by atoms with E-state index in [2.05, 4.69) is 5.10 Å². The van der Waals surface area contributed by atoms with Crippen LogP contribution in [0.25, 0.3) is 0 Å². The number of hydrogen-bond donors (Lipinski definition) is 1. The third kappa shape index (κ3) is 3.74. The summed E-state index contributed by atoms with van der Waals surface area (Å²) in [5.41, 5.74) is -0.772. The molecule has 1 rings (SSSR count). The van der Waals surface area contributed by atoms with Gasteiger partial charge in [0.1, 0.15) is 0 Å². The smallest absolute Gasteiger partial charge is 0.323 e. The van der Waals surface area contributed by atoms with Crippen LogP contribution in [0, 0.1) is 10.1 Å². The number of benzene rings is 1. The Hall–Kier alpha value is -2.12. The molecular formula is C9H8F3N3O2. The molecule has 1 aromatic carbocycles. The van der Waals surface area contributed by atoms with Crippen LogP contribution in [-0.2, 0) is 0 Å². The van der Waals surface area contributed by atoms with Gasteiger partial charge in [0.25, 0.3) is 5.69 Å². The average molecular weight is 247 g/mol. The number of nitro benzene ring substituents is 1. The summed E-state index contributed by atoms with van der Waals surface area (Å²) in [5.74, 6) is 4.86. The number of nitro groups is 1. The molecule has 8 heteroatoms. The minimum atomic E-state index is -4.47. The molecule has 0 aliphatic heterocycles. The molecule has 0 atom stereocenters. The molecule has 0 radical (unpaired) electrons. The molecule has 0 saturated heterocycles. The number of alkyl halides is 3. The van der Waals surface area contributed by atoms with Gasteiger partial charge in [-0.2, -0.15) is 18.3 Å². The number of nitrogens with two attached hydrogens (primary N) is 1. The van der Waals surface area contributed by atoms with Gasteiger partial charge in [-0.25, -0.2) is 0 Å². The minimum absolute atomic E-state index is 0.0148. The first-order chi connectivity index (χ1) is 7.83. The molecule has 0 fully saturated rings. The first-order valence-corrected chi connectivity index (χ1v) is 4.42. The molecule has 0 aromatic heterocycles. The van der Waals surface area contributed by atoms with Gasteiger partial charge in [0.05, 0.1) is 17.1 Å². The Kier molecular flexibility index (Phi) is 3.66. The number of rotatable bonds is 3. The van der Waals surface area contributed by atoms with Crippen molar-refractivity contribution >= 4 is 11.4 Å². The van der Waals surface area contributed by atoms with E-state index in [1.807, 2.05) is 0 Å². The zero-order valence-electron chi connectivity index (χ0n) is 8.44. The van der Waals surface area contributed by atoms with Gasteiger partial charge in [0.15, 0.2) is 0 Å². The second-order valence-electron chi connectivity index (χ2n) is 3.18. The Morgan fingerprint density at radius 2 is 2.12 bits per heavy atom. The lowest BCUT2D eigenvalue weighted by Gasteiger charge is -2.08. The molecule has 17 heavy (non-hydrogen) atoms. The quantitative estimate of drug-likeness (QED) is 0.384. The first-order valence-electron chi connectivity index (χ1n) is 4.42. The molecule has 0 heterocycles. The van der Waals surface area contributed by atoms with Gasteiger partial charge in [0, 0.05) is 17.7 Å². The number of hydrogen-bond acceptors (Lipinski definition) is 4. The fraction of sp³-hybridized carbons (Fsp3) is 0.222. The number of halogens is 3. The molecule has 5 nitrogen and oxygen atoms in total. The molecule has 0 unspecified atom stereocenters.